The van der Waals surface area contributed by atoms with Gasteiger partial charge < -0.3 is 10.6 Å². The fourth-order valence-electron chi connectivity index (χ4n) is 3.43. The van der Waals surface area contributed by atoms with Crippen molar-refractivity contribution >= 4 is 17.2 Å². The first-order valence-corrected chi connectivity index (χ1v) is 9.60. The van der Waals surface area contributed by atoms with Gasteiger partial charge in [-0.3, -0.25) is 0 Å². The van der Waals surface area contributed by atoms with Crippen molar-refractivity contribution in [3.05, 3.63) is 65.0 Å². The normalized spacial score (nSPS) is 15.4. The van der Waals surface area contributed by atoms with Crippen LogP contribution in [0.15, 0.2) is 37.1 Å². The standard InChI is InChI=1S/C22H25F3N4.CH4/c1-5-18(17-8-9-19-13(2)26-10-6-7-16(19)11-17)20-12-27-21(28-14(20)3)29-15(4)22(23,24)25;/h5,8-9,11-12,15,26H,2,6-7,10H2,1,3-4H3,(H,27,28,29);1H4/b18-5-;/t15-;/m1./s1. The van der Waals surface area contributed by atoms with Gasteiger partial charge in [0.2, 0.25) is 5.95 Å². The number of allylic oxidation sites excluding steroid dienone is 1. The van der Waals surface area contributed by atoms with Crippen molar-refractivity contribution in [2.24, 2.45) is 0 Å². The van der Waals surface area contributed by atoms with Crippen molar-refractivity contribution in [1.82, 2.24) is 15.3 Å². The average molecular weight is 419 g/mol. The monoisotopic (exact) mass is 418 g/mol. The van der Waals surface area contributed by atoms with Gasteiger partial charge >= 0.3 is 6.18 Å². The molecule has 1 aromatic carbocycles. The summed E-state index contributed by atoms with van der Waals surface area (Å²) in [7, 11) is 0. The van der Waals surface area contributed by atoms with Crippen LogP contribution in [0.2, 0.25) is 0 Å². The zero-order valence-electron chi connectivity index (χ0n) is 16.8. The molecule has 0 unspecified atom stereocenters. The van der Waals surface area contributed by atoms with E-state index in [1.807, 2.05) is 19.1 Å². The maximum absolute atomic E-state index is 12.8. The summed E-state index contributed by atoms with van der Waals surface area (Å²) in [5.41, 5.74) is 6.66. The third-order valence-electron chi connectivity index (χ3n) is 5.10. The minimum Gasteiger partial charge on any atom is -0.385 e. The highest BCUT2D eigenvalue weighted by Gasteiger charge is 2.36. The topological polar surface area (TPSA) is 49.8 Å². The second-order valence-electron chi connectivity index (χ2n) is 7.18. The Kier molecular flexibility index (Phi) is 7.29. The van der Waals surface area contributed by atoms with Crippen molar-refractivity contribution in [3.8, 4) is 0 Å². The van der Waals surface area contributed by atoms with Crippen molar-refractivity contribution < 1.29 is 13.2 Å². The number of nitrogens with zero attached hydrogens (tertiary/aromatic N) is 2. The quantitative estimate of drug-likeness (QED) is 0.665. The zero-order chi connectivity index (χ0) is 21.2. The van der Waals surface area contributed by atoms with Gasteiger partial charge in [0.05, 0.1) is 5.69 Å². The molecule has 0 amide bonds. The molecule has 0 spiro atoms. The summed E-state index contributed by atoms with van der Waals surface area (Å²) in [4.78, 5) is 8.36. The fourth-order valence-corrected chi connectivity index (χ4v) is 3.43. The van der Waals surface area contributed by atoms with Crippen LogP contribution in [0.25, 0.3) is 11.3 Å². The molecule has 7 heteroatoms. The number of rotatable bonds is 4. The first-order chi connectivity index (χ1) is 13.7. The lowest BCUT2D eigenvalue weighted by Crippen LogP contribution is -2.33. The first kappa shape index (κ1) is 23.4. The molecule has 0 saturated heterocycles. The van der Waals surface area contributed by atoms with Gasteiger partial charge in [0.25, 0.3) is 0 Å². The van der Waals surface area contributed by atoms with Gasteiger partial charge in [-0.15, -0.1) is 0 Å². The predicted octanol–water partition coefficient (Wildman–Crippen LogP) is 5.74. The molecular formula is C23H29F3N4. The summed E-state index contributed by atoms with van der Waals surface area (Å²) in [5.74, 6) is -0.0316. The van der Waals surface area contributed by atoms with E-state index in [0.29, 0.717) is 5.69 Å². The van der Waals surface area contributed by atoms with Gasteiger partial charge in [0.15, 0.2) is 0 Å². The molecule has 162 valence electrons. The Morgan fingerprint density at radius 2 is 2.07 bits per heavy atom. The molecule has 0 aliphatic carbocycles. The van der Waals surface area contributed by atoms with Crippen LogP contribution >= 0.6 is 0 Å². The lowest BCUT2D eigenvalue weighted by Gasteiger charge is -2.18. The smallest absolute Gasteiger partial charge is 0.385 e. The van der Waals surface area contributed by atoms with Crippen molar-refractivity contribution in [3.63, 3.8) is 0 Å². The summed E-state index contributed by atoms with van der Waals surface area (Å²) >= 11 is 0. The van der Waals surface area contributed by atoms with Crippen LogP contribution in [0.3, 0.4) is 0 Å². The molecule has 2 heterocycles. The molecule has 1 aliphatic heterocycles. The zero-order valence-corrected chi connectivity index (χ0v) is 16.8. The second-order valence-corrected chi connectivity index (χ2v) is 7.18. The first-order valence-electron chi connectivity index (χ1n) is 9.60. The van der Waals surface area contributed by atoms with Gasteiger partial charge in [-0.05, 0) is 50.3 Å². The summed E-state index contributed by atoms with van der Waals surface area (Å²) in [5, 5.41) is 5.64. The molecule has 30 heavy (non-hydrogen) atoms. The van der Waals surface area contributed by atoms with Crippen molar-refractivity contribution in [2.75, 3.05) is 11.9 Å². The minimum absolute atomic E-state index is 0. The maximum Gasteiger partial charge on any atom is 0.408 e. The Labute approximate surface area is 176 Å². The molecule has 2 N–H and O–H groups in total. The van der Waals surface area contributed by atoms with Crippen LogP contribution in [0.1, 0.15) is 55.6 Å². The molecule has 3 rings (SSSR count). The Hall–Kier alpha value is -2.83. The summed E-state index contributed by atoms with van der Waals surface area (Å²) < 4.78 is 38.3. The van der Waals surface area contributed by atoms with E-state index in [-0.39, 0.29) is 13.4 Å². The molecule has 1 aliphatic rings. The highest BCUT2D eigenvalue weighted by molar-refractivity contribution is 5.82. The molecule has 0 fully saturated rings. The fraction of sp³-hybridized carbons (Fsp3) is 0.391. The molecule has 1 atom stereocenters. The lowest BCUT2D eigenvalue weighted by atomic mass is 9.92. The average Bonchev–Trinajstić information content (AvgIpc) is 2.84. The Morgan fingerprint density at radius 3 is 2.70 bits per heavy atom. The van der Waals surface area contributed by atoms with E-state index >= 15 is 0 Å². The SMILES string of the molecule is C.C=C1NCCCc2cc(/C(=C/C)c3cnc(N[C@H](C)C(F)(F)F)nc3C)ccc21. The van der Waals surface area contributed by atoms with E-state index in [2.05, 4.69) is 39.3 Å². The summed E-state index contributed by atoms with van der Waals surface area (Å²) in [6.45, 7) is 9.75. The maximum atomic E-state index is 12.8. The summed E-state index contributed by atoms with van der Waals surface area (Å²) in [6.07, 6.45) is 1.18. The highest BCUT2D eigenvalue weighted by Crippen LogP contribution is 2.30. The van der Waals surface area contributed by atoms with Crippen LogP contribution < -0.4 is 10.6 Å². The third-order valence-corrected chi connectivity index (χ3v) is 5.10. The van der Waals surface area contributed by atoms with Gasteiger partial charge in [-0.1, -0.05) is 38.3 Å². The van der Waals surface area contributed by atoms with E-state index < -0.39 is 12.2 Å². The number of aryl methyl sites for hydroxylation is 2. The molecule has 2 aromatic rings. The van der Waals surface area contributed by atoms with E-state index in [1.165, 1.54) is 5.56 Å². The van der Waals surface area contributed by atoms with Gasteiger partial charge in [0.1, 0.15) is 6.04 Å². The molecule has 0 radical (unpaired) electrons. The van der Waals surface area contributed by atoms with E-state index in [1.54, 1.807) is 13.1 Å². The van der Waals surface area contributed by atoms with Crippen LogP contribution in [-0.2, 0) is 6.42 Å². The number of hydrogen-bond donors (Lipinski definition) is 2. The van der Waals surface area contributed by atoms with Crippen LogP contribution in [0, 0.1) is 6.92 Å². The largest absolute Gasteiger partial charge is 0.408 e. The van der Waals surface area contributed by atoms with Gasteiger partial charge in [-0.25, -0.2) is 9.97 Å². The Morgan fingerprint density at radius 1 is 1.33 bits per heavy atom. The van der Waals surface area contributed by atoms with Crippen LogP contribution in [0.5, 0.6) is 0 Å². The van der Waals surface area contributed by atoms with E-state index in [9.17, 15) is 13.2 Å². The molecule has 0 bridgehead atoms. The highest BCUT2D eigenvalue weighted by atomic mass is 19.4. The van der Waals surface area contributed by atoms with Gasteiger partial charge in [0, 0.05) is 29.6 Å². The van der Waals surface area contributed by atoms with Crippen molar-refractivity contribution in [2.45, 2.75) is 53.3 Å². The second kappa shape index (κ2) is 9.32. The number of alkyl halides is 3. The van der Waals surface area contributed by atoms with E-state index in [0.717, 1.165) is 54.3 Å². The van der Waals surface area contributed by atoms with Gasteiger partial charge in [-0.2, -0.15) is 13.2 Å². The Bertz CT molecular complexity index is 948. The molecule has 4 nitrogen and oxygen atoms in total. The van der Waals surface area contributed by atoms with Crippen LogP contribution in [-0.4, -0.2) is 28.7 Å². The predicted molar refractivity (Wildman–Crippen MR) is 117 cm³/mol. The number of anilines is 1. The number of halogens is 3. The van der Waals surface area contributed by atoms with E-state index in [4.69, 9.17) is 0 Å². The van der Waals surface area contributed by atoms with Crippen LogP contribution in [0.4, 0.5) is 19.1 Å². The number of aromatic nitrogens is 2. The Balaban J connectivity index is 0.00000320. The minimum atomic E-state index is -4.36. The number of benzene rings is 1. The molecular weight excluding hydrogens is 389 g/mol. The molecule has 1 aromatic heterocycles. The van der Waals surface area contributed by atoms with Crippen molar-refractivity contribution in [1.29, 1.82) is 0 Å². The number of hydrogen-bond acceptors (Lipinski definition) is 4. The summed E-state index contributed by atoms with van der Waals surface area (Å²) in [6, 6.07) is 4.52. The number of nitrogens with one attached hydrogen (secondary N) is 2. The third kappa shape index (κ3) is 5.01. The molecule has 0 saturated carbocycles. The number of fused-ring (bicyclic) bond motifs is 1. The lowest BCUT2D eigenvalue weighted by molar-refractivity contribution is -0.138.